The molecule has 0 atom stereocenters. The standard InChI is InChI=1S/C18H15P.C10H9N4S.CH4O.Pt/c1-4-10-16(11-5-1)19(17-12-6-2-7-13-17)18-14-8-3-9-15-18;11-10(15)14-13-6-8-3-1-2-7-4-5-12-9(7)8;1-2;/h1-15H;1-6H,(H3-,11,12,13,14,15);2H,1H3;/q;-1;;+2/p-1. The van der Waals surface area contributed by atoms with E-state index in [2.05, 4.69) is 119 Å². The fourth-order valence-electron chi connectivity index (χ4n) is 3.49. The van der Waals surface area contributed by atoms with E-state index in [4.69, 9.17) is 10.8 Å². The third-order valence-electron chi connectivity index (χ3n) is 4.95. The number of benzene rings is 4. The number of aliphatic hydroxyl groups is 1. The van der Waals surface area contributed by atoms with Gasteiger partial charge in [-0.05, 0) is 34.8 Å². The molecule has 37 heavy (non-hydrogen) atoms. The van der Waals surface area contributed by atoms with Crippen molar-refractivity contribution in [1.82, 2.24) is 4.98 Å². The Kier molecular flexibility index (Phi) is 13.5. The number of aromatic nitrogens is 1. The van der Waals surface area contributed by atoms with Gasteiger partial charge in [0.05, 0.1) is 0 Å². The first-order valence-electron chi connectivity index (χ1n) is 11.2. The molecule has 4 aromatic carbocycles. The first kappa shape index (κ1) is 30.1. The van der Waals surface area contributed by atoms with Crippen molar-refractivity contribution in [2.24, 2.45) is 10.8 Å². The van der Waals surface area contributed by atoms with E-state index in [-0.39, 0.29) is 26.2 Å². The van der Waals surface area contributed by atoms with Crippen molar-refractivity contribution in [2.75, 3.05) is 7.11 Å². The van der Waals surface area contributed by atoms with Crippen LogP contribution in [0.4, 0.5) is 0 Å². The van der Waals surface area contributed by atoms with Gasteiger partial charge < -0.3 is 21.2 Å². The van der Waals surface area contributed by atoms with E-state index in [1.807, 2.05) is 24.3 Å². The van der Waals surface area contributed by atoms with E-state index in [9.17, 15) is 0 Å². The molecule has 0 spiro atoms. The molecule has 3 N–H and O–H groups in total. The van der Waals surface area contributed by atoms with Crippen LogP contribution >= 0.6 is 20.1 Å². The molecule has 0 aliphatic rings. The quantitative estimate of drug-likeness (QED) is 0.119. The monoisotopic (exact) mass is 705 g/mol. The van der Waals surface area contributed by atoms with Gasteiger partial charge >= 0.3 is 21.1 Å². The summed E-state index contributed by atoms with van der Waals surface area (Å²) in [6, 6.07) is 40.1. The Morgan fingerprint density at radius 3 is 1.73 bits per heavy atom. The van der Waals surface area contributed by atoms with Gasteiger partial charge in [-0.2, -0.15) is 6.20 Å². The molecule has 0 saturated carbocycles. The molecule has 0 fully saturated rings. The molecule has 1 aromatic heterocycles. The number of fused-ring (bicyclic) bond motifs is 1. The summed E-state index contributed by atoms with van der Waals surface area (Å²) in [5.74, 6) is 0. The topological polar surface area (TPSA) is 86.8 Å². The Morgan fingerprint density at radius 2 is 1.27 bits per heavy atom. The number of thiocarbonyl (C=S) groups is 1. The van der Waals surface area contributed by atoms with Gasteiger partial charge in [-0.3, -0.25) is 5.10 Å². The van der Waals surface area contributed by atoms with Crippen molar-refractivity contribution in [3.05, 3.63) is 132 Å². The first-order valence-corrected chi connectivity index (χ1v) is 12.9. The number of nitrogens with two attached hydrogens (primary N) is 1. The minimum Gasteiger partial charge on any atom is -0.663 e. The third kappa shape index (κ3) is 9.03. The molecule has 0 aliphatic heterocycles. The van der Waals surface area contributed by atoms with Gasteiger partial charge in [-0.1, -0.05) is 127 Å². The summed E-state index contributed by atoms with van der Waals surface area (Å²) in [5.41, 5.74) is 10.5. The maximum atomic E-state index is 7.00. The molecule has 5 rings (SSSR count). The van der Waals surface area contributed by atoms with E-state index < -0.39 is 7.92 Å². The Morgan fingerprint density at radius 1 is 0.784 bits per heavy atom. The van der Waals surface area contributed by atoms with Crippen LogP contribution in [0.15, 0.2) is 127 Å². The molecule has 0 radical (unpaired) electrons. The van der Waals surface area contributed by atoms with E-state index in [0.29, 0.717) is 0 Å². The molecule has 0 unspecified atom stereocenters. The summed E-state index contributed by atoms with van der Waals surface area (Å²) in [7, 11) is 0.554. The molecular weight excluding hydrogens is 678 g/mol. The third-order valence-corrected chi connectivity index (χ3v) is 7.48. The molecule has 190 valence electrons. The van der Waals surface area contributed by atoms with Crippen molar-refractivity contribution in [2.45, 2.75) is 0 Å². The molecule has 0 bridgehead atoms. The van der Waals surface area contributed by atoms with E-state index in [1.165, 1.54) is 15.9 Å². The number of rotatable bonds is 5. The fourth-order valence-corrected chi connectivity index (χ4v) is 5.84. The summed E-state index contributed by atoms with van der Waals surface area (Å²) in [6.45, 7) is 0. The van der Waals surface area contributed by atoms with Gasteiger partial charge in [0.15, 0.2) is 0 Å². The van der Waals surface area contributed by atoms with E-state index in [0.717, 1.165) is 23.6 Å². The molecule has 5 aromatic rings. The minimum atomic E-state index is -0.446. The van der Waals surface area contributed by atoms with Crippen LogP contribution in [0.25, 0.3) is 16.3 Å². The fraction of sp³-hybridized carbons (Fsp3) is 0.0345. The van der Waals surface area contributed by atoms with Crippen molar-refractivity contribution in [3.8, 4) is 0 Å². The predicted octanol–water partition coefficient (Wildman–Crippen LogP) is 4.80. The molecule has 8 heteroatoms. The molecule has 0 amide bonds. The number of hydrogen-bond donors (Lipinski definition) is 2. The Balaban J connectivity index is 0.000000244. The second-order valence-electron chi connectivity index (χ2n) is 7.25. The summed E-state index contributed by atoms with van der Waals surface area (Å²) in [5, 5.41) is 16.1. The zero-order valence-electron chi connectivity index (χ0n) is 20.2. The van der Waals surface area contributed by atoms with Gasteiger partial charge in [0, 0.05) is 18.4 Å². The Bertz CT molecular complexity index is 1270. The first-order chi connectivity index (χ1) is 17.7. The van der Waals surface area contributed by atoms with Crippen molar-refractivity contribution in [3.63, 3.8) is 0 Å². The largest absolute Gasteiger partial charge is 2.00 e. The van der Waals surface area contributed by atoms with Crippen molar-refractivity contribution in [1.29, 1.82) is 0 Å². The molecule has 0 saturated heterocycles. The molecule has 1 heterocycles. The number of aliphatic hydroxyl groups excluding tert-OH is 1. The van der Waals surface area contributed by atoms with Crippen LogP contribution < -0.4 is 26.6 Å². The predicted molar refractivity (Wildman–Crippen MR) is 158 cm³/mol. The van der Waals surface area contributed by atoms with Crippen LogP contribution in [0.1, 0.15) is 5.56 Å². The van der Waals surface area contributed by atoms with Crippen LogP contribution in [0.5, 0.6) is 0 Å². The van der Waals surface area contributed by atoms with Crippen molar-refractivity contribution < 1.29 is 26.2 Å². The van der Waals surface area contributed by atoms with Gasteiger partial charge in [0.1, 0.15) is 0 Å². The van der Waals surface area contributed by atoms with E-state index >= 15 is 0 Å². The SMILES string of the molecule is CO.NC(=S)[N-]/N=C/c1cccc2cc[n-]c12.[Pt+2].c1ccc(P(c2ccccc2)c2ccccc2)cc1. The van der Waals surface area contributed by atoms with Gasteiger partial charge in [0.2, 0.25) is 0 Å². The maximum Gasteiger partial charge on any atom is 2.00 e. The van der Waals surface area contributed by atoms with Gasteiger partial charge in [0.25, 0.3) is 0 Å². The Labute approximate surface area is 238 Å². The van der Waals surface area contributed by atoms with E-state index in [1.54, 1.807) is 12.4 Å². The number of para-hydroxylation sites is 1. The normalized spacial score (nSPS) is 10.0. The minimum absolute atomic E-state index is 0. The summed E-state index contributed by atoms with van der Waals surface area (Å²) in [6.07, 6.45) is 3.35. The summed E-state index contributed by atoms with van der Waals surface area (Å²) in [4.78, 5) is 4.22. The molecule has 0 aliphatic carbocycles. The van der Waals surface area contributed by atoms with Crippen LogP contribution in [0.3, 0.4) is 0 Å². The van der Waals surface area contributed by atoms with Crippen LogP contribution in [-0.2, 0) is 21.1 Å². The number of hydrogen-bond acceptors (Lipinski definition) is 3. The Hall–Kier alpha value is -3.14. The maximum absolute atomic E-state index is 7.00. The second kappa shape index (κ2) is 16.6. The number of nitrogens with zero attached hydrogens (tertiary/aromatic N) is 3. The van der Waals surface area contributed by atoms with Gasteiger partial charge in [-0.25, -0.2) is 0 Å². The summed E-state index contributed by atoms with van der Waals surface area (Å²) >= 11 is 4.57. The smallest absolute Gasteiger partial charge is 0.663 e. The average Bonchev–Trinajstić information content (AvgIpc) is 3.42. The average molecular weight is 706 g/mol. The zero-order valence-corrected chi connectivity index (χ0v) is 24.1. The van der Waals surface area contributed by atoms with Gasteiger partial charge in [-0.15, -0.1) is 5.52 Å². The van der Waals surface area contributed by atoms with Crippen molar-refractivity contribution >= 4 is 58.3 Å². The summed E-state index contributed by atoms with van der Waals surface area (Å²) < 4.78 is 0. The zero-order chi connectivity index (χ0) is 25.6. The van der Waals surface area contributed by atoms with Crippen LogP contribution in [-0.4, -0.2) is 23.5 Å². The van der Waals surface area contributed by atoms with Crippen LogP contribution in [0, 0.1) is 0 Å². The van der Waals surface area contributed by atoms with Crippen LogP contribution in [0.2, 0.25) is 0 Å². The molecule has 5 nitrogen and oxygen atoms in total. The second-order valence-corrected chi connectivity index (χ2v) is 9.89. The molecular formula is C29H27N4OPPtS.